The highest BCUT2D eigenvalue weighted by molar-refractivity contribution is 5.43. The van der Waals surface area contributed by atoms with Crippen LogP contribution in [0.15, 0.2) is 18.2 Å². The lowest BCUT2D eigenvalue weighted by molar-refractivity contribution is 0.294. The first-order chi connectivity index (χ1) is 8.38. The van der Waals surface area contributed by atoms with E-state index in [0.717, 1.165) is 31.2 Å². The molecule has 0 aliphatic heterocycles. The molecule has 2 N–H and O–H groups in total. The summed E-state index contributed by atoms with van der Waals surface area (Å²) in [5, 5.41) is 0. The minimum Gasteiger partial charge on any atom is -0.493 e. The number of fused-ring (bicyclic) bond motifs is 1. The molecule has 2 aliphatic rings. The van der Waals surface area contributed by atoms with Gasteiger partial charge in [0.1, 0.15) is 5.75 Å². The van der Waals surface area contributed by atoms with Gasteiger partial charge in [-0.25, -0.2) is 0 Å². The fraction of sp³-hybridized carbons (Fsp3) is 0.600. The molecule has 0 amide bonds. The number of nitrogens with two attached hydrogens (primary N) is 1. The number of rotatable bonds is 4. The maximum Gasteiger partial charge on any atom is 0.122 e. The molecular formula is C15H21NO. The minimum atomic E-state index is 0.545. The third kappa shape index (κ3) is 2.32. The first-order valence-corrected chi connectivity index (χ1v) is 6.83. The maximum absolute atomic E-state index is 5.98. The molecule has 2 nitrogen and oxygen atoms in total. The van der Waals surface area contributed by atoms with E-state index in [4.69, 9.17) is 10.5 Å². The van der Waals surface area contributed by atoms with E-state index in [-0.39, 0.29) is 0 Å². The van der Waals surface area contributed by atoms with Crippen LogP contribution in [0.1, 0.15) is 42.7 Å². The van der Waals surface area contributed by atoms with Gasteiger partial charge in [-0.15, -0.1) is 0 Å². The third-order valence-corrected chi connectivity index (χ3v) is 4.04. The summed E-state index contributed by atoms with van der Waals surface area (Å²) in [5.74, 6) is 2.48. The van der Waals surface area contributed by atoms with Crippen molar-refractivity contribution in [3.8, 4) is 5.75 Å². The second-order valence-electron chi connectivity index (χ2n) is 5.40. The molecule has 2 aliphatic carbocycles. The van der Waals surface area contributed by atoms with Gasteiger partial charge >= 0.3 is 0 Å². The quantitative estimate of drug-likeness (QED) is 0.864. The summed E-state index contributed by atoms with van der Waals surface area (Å²) < 4.78 is 5.98. The smallest absolute Gasteiger partial charge is 0.122 e. The zero-order valence-corrected chi connectivity index (χ0v) is 10.3. The molecule has 2 heteroatoms. The SMILES string of the molecule is NCC1CCCc2c(OCC3CC3)cccc21. The zero-order valence-electron chi connectivity index (χ0n) is 10.3. The molecule has 1 atom stereocenters. The van der Waals surface area contributed by atoms with Crippen molar-refractivity contribution in [1.82, 2.24) is 0 Å². The molecule has 0 bridgehead atoms. The van der Waals surface area contributed by atoms with Crippen molar-refractivity contribution in [2.75, 3.05) is 13.2 Å². The summed E-state index contributed by atoms with van der Waals surface area (Å²) in [7, 11) is 0. The normalized spacial score (nSPS) is 23.2. The van der Waals surface area contributed by atoms with Crippen LogP contribution in [0.5, 0.6) is 5.75 Å². The lowest BCUT2D eigenvalue weighted by Gasteiger charge is -2.26. The summed E-state index contributed by atoms with van der Waals surface area (Å²) in [5.41, 5.74) is 8.72. The summed E-state index contributed by atoms with van der Waals surface area (Å²) >= 11 is 0. The van der Waals surface area contributed by atoms with Gasteiger partial charge in [-0.3, -0.25) is 0 Å². The van der Waals surface area contributed by atoms with Gasteiger partial charge in [-0.1, -0.05) is 12.1 Å². The maximum atomic E-state index is 5.98. The van der Waals surface area contributed by atoms with Gasteiger partial charge in [0.15, 0.2) is 0 Å². The van der Waals surface area contributed by atoms with Crippen molar-refractivity contribution in [2.45, 2.75) is 38.0 Å². The van der Waals surface area contributed by atoms with E-state index in [0.29, 0.717) is 5.92 Å². The Hall–Kier alpha value is -1.02. The Morgan fingerprint density at radius 1 is 1.24 bits per heavy atom. The van der Waals surface area contributed by atoms with E-state index in [1.807, 2.05) is 0 Å². The van der Waals surface area contributed by atoms with Crippen LogP contribution in [0, 0.1) is 5.92 Å². The predicted molar refractivity (Wildman–Crippen MR) is 69.4 cm³/mol. The van der Waals surface area contributed by atoms with E-state index in [1.54, 1.807) is 0 Å². The van der Waals surface area contributed by atoms with E-state index < -0.39 is 0 Å². The Balaban J connectivity index is 1.82. The summed E-state index contributed by atoms with van der Waals surface area (Å²) in [6, 6.07) is 6.48. The second-order valence-corrected chi connectivity index (χ2v) is 5.40. The van der Waals surface area contributed by atoms with Crippen LogP contribution in [0.4, 0.5) is 0 Å². The largest absolute Gasteiger partial charge is 0.493 e. The fourth-order valence-electron chi connectivity index (χ4n) is 2.79. The van der Waals surface area contributed by atoms with E-state index in [9.17, 15) is 0 Å². The summed E-state index contributed by atoms with van der Waals surface area (Å²) in [6.07, 6.45) is 6.34. The number of benzene rings is 1. The van der Waals surface area contributed by atoms with E-state index in [1.165, 1.54) is 36.8 Å². The van der Waals surface area contributed by atoms with Gasteiger partial charge < -0.3 is 10.5 Å². The van der Waals surface area contributed by atoms with Crippen LogP contribution in [-0.4, -0.2) is 13.2 Å². The first-order valence-electron chi connectivity index (χ1n) is 6.83. The molecule has 1 aromatic rings. The number of hydrogen-bond donors (Lipinski definition) is 1. The van der Waals surface area contributed by atoms with Crippen LogP contribution in [0.3, 0.4) is 0 Å². The Bertz CT molecular complexity index is 398. The molecule has 0 heterocycles. The highest BCUT2D eigenvalue weighted by Gasteiger charge is 2.24. The molecule has 17 heavy (non-hydrogen) atoms. The van der Waals surface area contributed by atoms with E-state index >= 15 is 0 Å². The van der Waals surface area contributed by atoms with Gasteiger partial charge in [-0.05, 0) is 67.7 Å². The summed E-state index contributed by atoms with van der Waals surface area (Å²) in [6.45, 7) is 1.67. The van der Waals surface area contributed by atoms with Crippen molar-refractivity contribution >= 4 is 0 Å². The van der Waals surface area contributed by atoms with E-state index in [2.05, 4.69) is 18.2 Å². The average Bonchev–Trinajstić information content (AvgIpc) is 3.19. The van der Waals surface area contributed by atoms with Crippen molar-refractivity contribution < 1.29 is 4.74 Å². The predicted octanol–water partition coefficient (Wildman–Crippen LogP) is 2.85. The van der Waals surface area contributed by atoms with Gasteiger partial charge in [0.25, 0.3) is 0 Å². The summed E-state index contributed by atoms with van der Waals surface area (Å²) in [4.78, 5) is 0. The molecule has 1 saturated carbocycles. The Kier molecular flexibility index (Phi) is 3.06. The standard InChI is InChI=1S/C15H21NO/c16-9-12-3-1-5-14-13(12)4-2-6-15(14)17-10-11-7-8-11/h2,4,6,11-12H,1,3,5,7-10,16H2. The highest BCUT2D eigenvalue weighted by Crippen LogP contribution is 2.37. The molecule has 0 saturated heterocycles. The highest BCUT2D eigenvalue weighted by atomic mass is 16.5. The van der Waals surface area contributed by atoms with Crippen molar-refractivity contribution in [1.29, 1.82) is 0 Å². The second kappa shape index (κ2) is 4.69. The zero-order chi connectivity index (χ0) is 11.7. The molecule has 1 aromatic carbocycles. The molecule has 1 fully saturated rings. The average molecular weight is 231 g/mol. The van der Waals surface area contributed by atoms with Crippen LogP contribution in [-0.2, 0) is 6.42 Å². The molecule has 1 unspecified atom stereocenters. The number of hydrogen-bond acceptors (Lipinski definition) is 2. The van der Waals surface area contributed by atoms with Crippen molar-refractivity contribution in [2.24, 2.45) is 11.7 Å². The topological polar surface area (TPSA) is 35.2 Å². The molecular weight excluding hydrogens is 210 g/mol. The molecule has 0 spiro atoms. The first kappa shape index (κ1) is 11.1. The lowest BCUT2D eigenvalue weighted by Crippen LogP contribution is -2.19. The van der Waals surface area contributed by atoms with Gasteiger partial charge in [0.05, 0.1) is 6.61 Å². The van der Waals surface area contributed by atoms with Crippen LogP contribution >= 0.6 is 0 Å². The van der Waals surface area contributed by atoms with Crippen LogP contribution < -0.4 is 10.5 Å². The van der Waals surface area contributed by atoms with Crippen LogP contribution in [0.2, 0.25) is 0 Å². The van der Waals surface area contributed by atoms with Gasteiger partial charge in [0.2, 0.25) is 0 Å². The van der Waals surface area contributed by atoms with Crippen molar-refractivity contribution in [3.05, 3.63) is 29.3 Å². The lowest BCUT2D eigenvalue weighted by atomic mass is 9.82. The Labute approximate surface area is 103 Å². The van der Waals surface area contributed by atoms with Crippen molar-refractivity contribution in [3.63, 3.8) is 0 Å². The Morgan fingerprint density at radius 2 is 2.12 bits per heavy atom. The molecule has 0 radical (unpaired) electrons. The van der Waals surface area contributed by atoms with Gasteiger partial charge in [0, 0.05) is 0 Å². The molecule has 3 rings (SSSR count). The molecule has 0 aromatic heterocycles. The third-order valence-electron chi connectivity index (χ3n) is 4.04. The number of ether oxygens (including phenoxy) is 1. The Morgan fingerprint density at radius 3 is 2.88 bits per heavy atom. The fourth-order valence-corrected chi connectivity index (χ4v) is 2.79. The van der Waals surface area contributed by atoms with Gasteiger partial charge in [-0.2, -0.15) is 0 Å². The minimum absolute atomic E-state index is 0.545. The van der Waals surface area contributed by atoms with Crippen LogP contribution in [0.25, 0.3) is 0 Å². The molecule has 92 valence electrons. The monoisotopic (exact) mass is 231 g/mol.